The first-order valence-electron chi connectivity index (χ1n) is 13.4. The van der Waals surface area contributed by atoms with Crippen molar-refractivity contribution >= 4 is 0 Å². The Morgan fingerprint density at radius 1 is 0.833 bits per heavy atom. The monoisotopic (exact) mass is 418 g/mol. The quantitative estimate of drug-likeness (QED) is 0.522. The maximum atomic E-state index is 11.7. The van der Waals surface area contributed by atoms with Crippen LogP contribution in [0.5, 0.6) is 0 Å². The van der Waals surface area contributed by atoms with Gasteiger partial charge in [-0.2, -0.15) is 0 Å². The molecule has 174 valence electrons. The highest BCUT2D eigenvalue weighted by Gasteiger charge is 2.63. The first-order chi connectivity index (χ1) is 14.1. The van der Waals surface area contributed by atoms with Crippen LogP contribution in [0.2, 0.25) is 0 Å². The van der Waals surface area contributed by atoms with Crippen molar-refractivity contribution < 1.29 is 10.2 Å². The van der Waals surface area contributed by atoms with Crippen molar-refractivity contribution in [1.82, 2.24) is 0 Å². The summed E-state index contributed by atoms with van der Waals surface area (Å²) in [6.07, 6.45) is 11.9. The Labute approximate surface area is 186 Å². The van der Waals surface area contributed by atoms with Crippen LogP contribution in [0.25, 0.3) is 0 Å². The lowest BCUT2D eigenvalue weighted by Gasteiger charge is -2.62. The molecule has 0 aliphatic heterocycles. The van der Waals surface area contributed by atoms with Crippen molar-refractivity contribution in [3.05, 3.63) is 0 Å². The molecule has 4 saturated carbocycles. The van der Waals surface area contributed by atoms with Crippen molar-refractivity contribution in [2.24, 2.45) is 58.2 Å². The van der Waals surface area contributed by atoms with E-state index in [0.717, 1.165) is 42.9 Å². The van der Waals surface area contributed by atoms with Gasteiger partial charge in [0.15, 0.2) is 0 Å². The third kappa shape index (κ3) is 3.60. The summed E-state index contributed by atoms with van der Waals surface area (Å²) >= 11 is 0. The standard InChI is InChI=1S/C28H50O2/c1-17(2)18(3)7-8-19(4)23-11-12-24-22-10-9-20-15-21(29)13-14-27(20,5)25(22)16-26(30)28(23,24)6/h17-26,29-30H,7-16H2,1-6H3/t18-,19+,20+,21+,22-,23+,24-,25-,26-,27-,28+/m0/s1. The Hall–Kier alpha value is -0.0800. The summed E-state index contributed by atoms with van der Waals surface area (Å²) in [5.41, 5.74) is 0.472. The van der Waals surface area contributed by atoms with Gasteiger partial charge < -0.3 is 10.2 Å². The van der Waals surface area contributed by atoms with Gasteiger partial charge in [-0.3, -0.25) is 0 Å². The summed E-state index contributed by atoms with van der Waals surface area (Å²) in [6, 6.07) is 0. The summed E-state index contributed by atoms with van der Waals surface area (Å²) in [4.78, 5) is 0. The van der Waals surface area contributed by atoms with Crippen molar-refractivity contribution in [2.75, 3.05) is 0 Å². The van der Waals surface area contributed by atoms with Crippen LogP contribution < -0.4 is 0 Å². The number of hydrogen-bond donors (Lipinski definition) is 2. The number of aliphatic hydroxyl groups excluding tert-OH is 2. The molecule has 0 aromatic carbocycles. The van der Waals surface area contributed by atoms with Gasteiger partial charge in [-0.25, -0.2) is 0 Å². The van der Waals surface area contributed by atoms with E-state index in [-0.39, 0.29) is 17.6 Å². The van der Waals surface area contributed by atoms with E-state index < -0.39 is 0 Å². The van der Waals surface area contributed by atoms with Crippen LogP contribution in [0.3, 0.4) is 0 Å². The van der Waals surface area contributed by atoms with Gasteiger partial charge in [-0.15, -0.1) is 0 Å². The van der Waals surface area contributed by atoms with Crippen LogP contribution in [0.4, 0.5) is 0 Å². The third-order valence-electron chi connectivity index (χ3n) is 11.7. The Bertz CT molecular complexity index is 601. The number of rotatable bonds is 5. The third-order valence-corrected chi connectivity index (χ3v) is 11.7. The van der Waals surface area contributed by atoms with E-state index in [4.69, 9.17) is 0 Å². The molecule has 0 heterocycles. The SMILES string of the molecule is CC(C)[C@@H](C)CC[C@@H](C)[C@H]1CC[C@H]2[C@@H]3CC[C@@H]4C[C@H](O)CC[C@]4(C)[C@H]3C[C@H](O)[C@]12C. The minimum Gasteiger partial charge on any atom is -0.393 e. The van der Waals surface area contributed by atoms with Crippen molar-refractivity contribution in [3.63, 3.8) is 0 Å². The number of aliphatic hydroxyl groups is 2. The first kappa shape index (κ1) is 23.1. The largest absolute Gasteiger partial charge is 0.393 e. The van der Waals surface area contributed by atoms with Crippen LogP contribution in [0, 0.1) is 58.2 Å². The molecule has 0 aromatic rings. The van der Waals surface area contributed by atoms with Gasteiger partial charge in [0.25, 0.3) is 0 Å². The fourth-order valence-electron chi connectivity index (χ4n) is 9.22. The molecule has 2 nitrogen and oxygen atoms in total. The minimum atomic E-state index is -0.136. The molecule has 30 heavy (non-hydrogen) atoms. The second-order valence-corrected chi connectivity index (χ2v) is 13.2. The Balaban J connectivity index is 1.51. The molecule has 0 amide bonds. The molecule has 4 fully saturated rings. The van der Waals surface area contributed by atoms with E-state index in [1.165, 1.54) is 44.9 Å². The van der Waals surface area contributed by atoms with Gasteiger partial charge in [-0.05, 0) is 110 Å². The lowest BCUT2D eigenvalue weighted by molar-refractivity contribution is -0.175. The lowest BCUT2D eigenvalue weighted by atomic mass is 9.43. The molecular weight excluding hydrogens is 368 g/mol. The molecule has 4 aliphatic rings. The van der Waals surface area contributed by atoms with E-state index in [9.17, 15) is 10.2 Å². The van der Waals surface area contributed by atoms with Gasteiger partial charge >= 0.3 is 0 Å². The van der Waals surface area contributed by atoms with Crippen LogP contribution in [0.1, 0.15) is 106 Å². The van der Waals surface area contributed by atoms with Crippen LogP contribution in [0.15, 0.2) is 0 Å². The Morgan fingerprint density at radius 2 is 1.57 bits per heavy atom. The zero-order valence-electron chi connectivity index (χ0n) is 20.7. The van der Waals surface area contributed by atoms with Crippen molar-refractivity contribution in [1.29, 1.82) is 0 Å². The highest BCUT2D eigenvalue weighted by atomic mass is 16.3. The van der Waals surface area contributed by atoms with Crippen LogP contribution in [-0.4, -0.2) is 22.4 Å². The normalized spacial score (nSPS) is 50.5. The number of fused-ring (bicyclic) bond motifs is 5. The fraction of sp³-hybridized carbons (Fsp3) is 1.00. The van der Waals surface area contributed by atoms with E-state index in [1.807, 2.05) is 0 Å². The van der Waals surface area contributed by atoms with E-state index in [0.29, 0.717) is 29.1 Å². The lowest BCUT2D eigenvalue weighted by Crippen LogP contribution is -2.58. The molecule has 0 radical (unpaired) electrons. The topological polar surface area (TPSA) is 40.5 Å². The molecular formula is C28H50O2. The maximum Gasteiger partial charge on any atom is 0.0602 e. The summed E-state index contributed by atoms with van der Waals surface area (Å²) in [6.45, 7) is 14.6. The van der Waals surface area contributed by atoms with Crippen LogP contribution >= 0.6 is 0 Å². The second-order valence-electron chi connectivity index (χ2n) is 13.2. The molecule has 0 spiro atoms. The molecule has 0 aromatic heterocycles. The predicted octanol–water partition coefficient (Wildman–Crippen LogP) is 6.69. The van der Waals surface area contributed by atoms with Crippen molar-refractivity contribution in [3.8, 4) is 0 Å². The Kier molecular flexibility index (Phi) is 6.44. The first-order valence-corrected chi connectivity index (χ1v) is 13.4. The van der Waals surface area contributed by atoms with Crippen molar-refractivity contribution in [2.45, 2.75) is 118 Å². The fourth-order valence-corrected chi connectivity index (χ4v) is 9.22. The van der Waals surface area contributed by atoms with Gasteiger partial charge in [-0.1, -0.05) is 54.4 Å². The molecule has 0 unspecified atom stereocenters. The van der Waals surface area contributed by atoms with Gasteiger partial charge in [0, 0.05) is 0 Å². The summed E-state index contributed by atoms with van der Waals surface area (Å²) < 4.78 is 0. The number of hydrogen-bond acceptors (Lipinski definition) is 2. The maximum absolute atomic E-state index is 11.7. The molecule has 2 N–H and O–H groups in total. The van der Waals surface area contributed by atoms with E-state index >= 15 is 0 Å². The molecule has 0 saturated heterocycles. The van der Waals surface area contributed by atoms with Gasteiger partial charge in [0.2, 0.25) is 0 Å². The molecule has 11 atom stereocenters. The molecule has 4 rings (SSSR count). The molecule has 4 aliphatic carbocycles. The second kappa shape index (κ2) is 8.36. The molecule has 0 bridgehead atoms. The zero-order valence-corrected chi connectivity index (χ0v) is 20.7. The van der Waals surface area contributed by atoms with E-state index in [1.54, 1.807) is 0 Å². The van der Waals surface area contributed by atoms with Crippen LogP contribution in [-0.2, 0) is 0 Å². The highest BCUT2D eigenvalue weighted by Crippen LogP contribution is 2.68. The predicted molar refractivity (Wildman–Crippen MR) is 125 cm³/mol. The summed E-state index contributed by atoms with van der Waals surface area (Å²) in [7, 11) is 0. The molecule has 2 heteroatoms. The van der Waals surface area contributed by atoms with Gasteiger partial charge in [0.1, 0.15) is 0 Å². The summed E-state index contributed by atoms with van der Waals surface area (Å²) in [5.74, 6) is 5.86. The average molecular weight is 419 g/mol. The average Bonchev–Trinajstić information content (AvgIpc) is 3.06. The van der Waals surface area contributed by atoms with Gasteiger partial charge in [0.05, 0.1) is 12.2 Å². The zero-order chi connectivity index (χ0) is 21.8. The summed E-state index contributed by atoms with van der Waals surface area (Å²) in [5, 5.41) is 21.9. The Morgan fingerprint density at radius 3 is 2.27 bits per heavy atom. The smallest absolute Gasteiger partial charge is 0.0602 e. The van der Waals surface area contributed by atoms with E-state index in [2.05, 4.69) is 41.5 Å². The highest BCUT2D eigenvalue weighted by molar-refractivity contribution is 5.12. The minimum absolute atomic E-state index is 0.0802.